The van der Waals surface area contributed by atoms with Crippen LogP contribution < -0.4 is 0 Å². The molecule has 2 heterocycles. The number of benzene rings is 1. The van der Waals surface area contributed by atoms with Crippen molar-refractivity contribution in [2.24, 2.45) is 0 Å². The molecule has 1 aromatic heterocycles. The van der Waals surface area contributed by atoms with Crippen molar-refractivity contribution < 1.29 is 19.4 Å². The molecule has 2 aromatic rings. The van der Waals surface area contributed by atoms with Crippen LogP contribution in [0.3, 0.4) is 0 Å². The van der Waals surface area contributed by atoms with E-state index < -0.39 is 23.5 Å². The molecule has 1 saturated heterocycles. The number of pyridine rings is 1. The van der Waals surface area contributed by atoms with Crippen molar-refractivity contribution in [3.05, 3.63) is 66.0 Å². The van der Waals surface area contributed by atoms with Gasteiger partial charge in [-0.15, -0.1) is 11.8 Å². The van der Waals surface area contributed by atoms with Crippen LogP contribution in [0.1, 0.15) is 16.6 Å². The summed E-state index contributed by atoms with van der Waals surface area (Å²) in [5, 5.41) is 8.94. The molecule has 0 spiro atoms. The molecule has 0 bridgehead atoms. The number of rotatable bonds is 4. The quantitative estimate of drug-likeness (QED) is 0.919. The van der Waals surface area contributed by atoms with Crippen LogP contribution in [0.25, 0.3) is 0 Å². The average Bonchev–Trinajstić information content (AvgIpc) is 3.07. The number of thioether (sulfide) groups is 1. The normalized spacial score (nSPS) is 19.9. The molecule has 1 aliphatic rings. The third-order valence-electron chi connectivity index (χ3n) is 3.64. The Bertz CT molecular complexity index is 711. The lowest BCUT2D eigenvalue weighted by Gasteiger charge is -2.26. The van der Waals surface area contributed by atoms with E-state index in [1.807, 2.05) is 36.4 Å². The third kappa shape index (κ3) is 3.51. The van der Waals surface area contributed by atoms with Gasteiger partial charge >= 0.3 is 12.1 Å². The predicted molar refractivity (Wildman–Crippen MR) is 89.3 cm³/mol. The first-order valence-electron chi connectivity index (χ1n) is 7.41. The van der Waals surface area contributed by atoms with Crippen LogP contribution in [0.15, 0.2) is 54.7 Å². The standard InChI is InChI=1S/C17H16N2O4S/c20-16(21)14-11-24-15(13-8-4-5-9-18-13)19(14)17(22)23-10-12-6-2-1-3-7-12/h1-9,14-15H,10-11H2,(H,20,21). The number of aromatic nitrogens is 1. The Morgan fingerprint density at radius 3 is 2.62 bits per heavy atom. The maximum atomic E-state index is 12.5. The topological polar surface area (TPSA) is 79.7 Å². The maximum Gasteiger partial charge on any atom is 0.412 e. The predicted octanol–water partition coefficient (Wildman–Crippen LogP) is 2.92. The van der Waals surface area contributed by atoms with Gasteiger partial charge in [-0.05, 0) is 17.7 Å². The SMILES string of the molecule is O=C(O)C1CSC(c2ccccn2)N1C(=O)OCc1ccccc1. The first-order valence-corrected chi connectivity index (χ1v) is 8.46. The second kappa shape index (κ2) is 7.35. The number of amides is 1. The Balaban J connectivity index is 1.77. The smallest absolute Gasteiger partial charge is 0.412 e. The van der Waals surface area contributed by atoms with E-state index in [4.69, 9.17) is 4.74 Å². The first kappa shape index (κ1) is 16.3. The minimum absolute atomic E-state index is 0.0993. The molecular weight excluding hydrogens is 328 g/mol. The van der Waals surface area contributed by atoms with Crippen molar-refractivity contribution in [2.75, 3.05) is 5.75 Å². The molecule has 0 radical (unpaired) electrons. The van der Waals surface area contributed by atoms with Crippen molar-refractivity contribution in [3.8, 4) is 0 Å². The number of carbonyl (C=O) groups is 2. The number of aliphatic carboxylic acids is 1. The summed E-state index contributed by atoms with van der Waals surface area (Å²) in [6, 6.07) is 13.7. The molecule has 1 aromatic carbocycles. The highest BCUT2D eigenvalue weighted by atomic mass is 32.2. The summed E-state index contributed by atoms with van der Waals surface area (Å²) >= 11 is 1.37. The second-order valence-corrected chi connectivity index (χ2v) is 6.35. The van der Waals surface area contributed by atoms with Gasteiger partial charge in [-0.2, -0.15) is 0 Å². The zero-order valence-electron chi connectivity index (χ0n) is 12.7. The van der Waals surface area contributed by atoms with Crippen molar-refractivity contribution in [1.82, 2.24) is 9.88 Å². The molecule has 1 amide bonds. The summed E-state index contributed by atoms with van der Waals surface area (Å²) in [4.78, 5) is 29.5. The summed E-state index contributed by atoms with van der Waals surface area (Å²) in [6.45, 7) is 0.0993. The molecule has 2 unspecified atom stereocenters. The van der Waals surface area contributed by atoms with Gasteiger partial charge in [0.15, 0.2) is 0 Å². The lowest BCUT2D eigenvalue weighted by Crippen LogP contribution is -2.43. The lowest BCUT2D eigenvalue weighted by molar-refractivity contribution is -0.141. The summed E-state index contributed by atoms with van der Waals surface area (Å²) in [5.74, 6) is -0.741. The molecule has 6 nitrogen and oxygen atoms in total. The number of carbonyl (C=O) groups excluding carboxylic acids is 1. The first-order chi connectivity index (χ1) is 11.7. The number of ether oxygens (including phenoxy) is 1. The molecule has 0 saturated carbocycles. The molecule has 1 N–H and O–H groups in total. The van der Waals surface area contributed by atoms with Crippen molar-refractivity contribution >= 4 is 23.8 Å². The van der Waals surface area contributed by atoms with Gasteiger partial charge in [0.1, 0.15) is 18.0 Å². The van der Waals surface area contributed by atoms with Gasteiger partial charge in [-0.3, -0.25) is 9.88 Å². The van der Waals surface area contributed by atoms with Gasteiger partial charge in [0, 0.05) is 11.9 Å². The minimum atomic E-state index is -1.04. The third-order valence-corrected chi connectivity index (χ3v) is 4.93. The van der Waals surface area contributed by atoms with Crippen LogP contribution in [-0.4, -0.2) is 38.8 Å². The lowest BCUT2D eigenvalue weighted by atomic mass is 10.2. The van der Waals surface area contributed by atoms with Gasteiger partial charge < -0.3 is 9.84 Å². The van der Waals surface area contributed by atoms with Crippen LogP contribution in [0, 0.1) is 0 Å². The Morgan fingerprint density at radius 2 is 1.96 bits per heavy atom. The Morgan fingerprint density at radius 1 is 1.21 bits per heavy atom. The molecule has 7 heteroatoms. The van der Waals surface area contributed by atoms with Crippen LogP contribution in [0.2, 0.25) is 0 Å². The zero-order chi connectivity index (χ0) is 16.9. The number of hydrogen-bond acceptors (Lipinski definition) is 5. The Hall–Kier alpha value is -2.54. The van der Waals surface area contributed by atoms with Crippen molar-refractivity contribution in [2.45, 2.75) is 18.0 Å². The van der Waals surface area contributed by atoms with E-state index in [1.54, 1.807) is 18.3 Å². The highest BCUT2D eigenvalue weighted by Gasteiger charge is 2.44. The number of carboxylic acids is 1. The average molecular weight is 344 g/mol. The van der Waals surface area contributed by atoms with E-state index in [2.05, 4.69) is 4.98 Å². The van der Waals surface area contributed by atoms with Crippen LogP contribution >= 0.6 is 11.8 Å². The monoisotopic (exact) mass is 344 g/mol. The largest absolute Gasteiger partial charge is 0.480 e. The van der Waals surface area contributed by atoms with E-state index in [9.17, 15) is 14.7 Å². The summed E-state index contributed by atoms with van der Waals surface area (Å²) < 4.78 is 5.33. The molecule has 0 aliphatic carbocycles. The summed E-state index contributed by atoms with van der Waals surface area (Å²) in [6.07, 6.45) is 0.976. The second-order valence-electron chi connectivity index (χ2n) is 5.24. The number of carboxylic acid groups (broad SMARTS) is 1. The summed E-state index contributed by atoms with van der Waals surface area (Å²) in [7, 11) is 0. The maximum absolute atomic E-state index is 12.5. The Labute approximate surface area is 143 Å². The van der Waals surface area contributed by atoms with E-state index in [-0.39, 0.29) is 6.61 Å². The van der Waals surface area contributed by atoms with Crippen molar-refractivity contribution in [1.29, 1.82) is 0 Å². The fourth-order valence-electron chi connectivity index (χ4n) is 2.46. The van der Waals surface area contributed by atoms with Crippen molar-refractivity contribution in [3.63, 3.8) is 0 Å². The van der Waals surface area contributed by atoms with E-state index in [0.717, 1.165) is 5.56 Å². The molecule has 124 valence electrons. The fraction of sp³-hybridized carbons (Fsp3) is 0.235. The molecule has 1 fully saturated rings. The molecular formula is C17H16N2O4S. The fourth-order valence-corrected chi connectivity index (χ4v) is 3.83. The van der Waals surface area contributed by atoms with Gasteiger partial charge in [0.25, 0.3) is 0 Å². The van der Waals surface area contributed by atoms with E-state index >= 15 is 0 Å². The molecule has 3 rings (SSSR count). The number of nitrogens with zero attached hydrogens (tertiary/aromatic N) is 2. The van der Waals surface area contributed by atoms with Crippen LogP contribution in [0.4, 0.5) is 4.79 Å². The van der Waals surface area contributed by atoms with E-state index in [0.29, 0.717) is 11.4 Å². The minimum Gasteiger partial charge on any atom is -0.480 e. The highest BCUT2D eigenvalue weighted by molar-refractivity contribution is 7.99. The van der Waals surface area contributed by atoms with Gasteiger partial charge in [0.2, 0.25) is 0 Å². The zero-order valence-corrected chi connectivity index (χ0v) is 13.6. The van der Waals surface area contributed by atoms with Crippen LogP contribution in [0.5, 0.6) is 0 Å². The molecule has 2 atom stereocenters. The highest BCUT2D eigenvalue weighted by Crippen LogP contribution is 2.41. The van der Waals surface area contributed by atoms with Gasteiger partial charge in [-0.1, -0.05) is 36.4 Å². The van der Waals surface area contributed by atoms with E-state index in [1.165, 1.54) is 16.7 Å². The summed E-state index contributed by atoms with van der Waals surface area (Å²) in [5.41, 5.74) is 1.49. The van der Waals surface area contributed by atoms with Gasteiger partial charge in [0.05, 0.1) is 5.69 Å². The number of hydrogen-bond donors (Lipinski definition) is 1. The molecule has 1 aliphatic heterocycles. The Kier molecular flexibility index (Phi) is 5.00. The molecule has 24 heavy (non-hydrogen) atoms. The van der Waals surface area contributed by atoms with Gasteiger partial charge in [-0.25, -0.2) is 9.59 Å². The van der Waals surface area contributed by atoms with Crippen LogP contribution in [-0.2, 0) is 16.1 Å².